The standard InChI is InChI=1S/C29H31NO5/c1-2-18(13-19-7-6-10-22(32)14-19)11-12-25-26-20(16-31)15-23-27(24(26)17-35-25)29(34)30(28(23)33)21-8-4-3-5-9-21/h3-10,13-14,23-25,27,31-32H,2,11-12,15-17H2,1H3/b18-13+/t23-,24+,25-,27-/m1/s1. The summed E-state index contributed by atoms with van der Waals surface area (Å²) in [6, 6.07) is 16.3. The van der Waals surface area contributed by atoms with Crippen LogP contribution >= 0.6 is 0 Å². The molecule has 0 bridgehead atoms. The number of rotatable bonds is 7. The quantitative estimate of drug-likeness (QED) is 0.457. The minimum atomic E-state index is -0.446. The number of carbonyl (C=O) groups excluding carboxylic acids is 2. The molecule has 2 heterocycles. The maximum atomic E-state index is 13.5. The van der Waals surface area contributed by atoms with Crippen LogP contribution in [-0.2, 0) is 14.3 Å². The van der Waals surface area contributed by atoms with Gasteiger partial charge >= 0.3 is 0 Å². The fraction of sp³-hybridized carbons (Fsp3) is 0.379. The summed E-state index contributed by atoms with van der Waals surface area (Å²) in [5.41, 5.74) is 4.68. The van der Waals surface area contributed by atoms with Crippen LogP contribution in [0, 0.1) is 17.8 Å². The van der Waals surface area contributed by atoms with Crippen LogP contribution in [0.4, 0.5) is 5.69 Å². The van der Waals surface area contributed by atoms with Gasteiger partial charge in [0.25, 0.3) is 0 Å². The van der Waals surface area contributed by atoms with Gasteiger partial charge < -0.3 is 14.9 Å². The van der Waals surface area contributed by atoms with E-state index in [-0.39, 0.29) is 36.2 Å². The second kappa shape index (κ2) is 9.80. The van der Waals surface area contributed by atoms with Crippen molar-refractivity contribution in [3.05, 3.63) is 76.9 Å². The Labute approximate surface area is 205 Å². The van der Waals surface area contributed by atoms with Crippen LogP contribution < -0.4 is 4.90 Å². The number of anilines is 1. The zero-order valence-corrected chi connectivity index (χ0v) is 19.9. The number of hydrogen-bond acceptors (Lipinski definition) is 5. The molecule has 4 atom stereocenters. The molecule has 182 valence electrons. The fourth-order valence-electron chi connectivity index (χ4n) is 5.97. The predicted octanol–water partition coefficient (Wildman–Crippen LogP) is 4.48. The van der Waals surface area contributed by atoms with E-state index in [1.807, 2.05) is 30.3 Å². The summed E-state index contributed by atoms with van der Waals surface area (Å²) in [7, 11) is 0. The molecule has 0 unspecified atom stereocenters. The molecule has 0 saturated carbocycles. The Morgan fingerprint density at radius 3 is 2.60 bits per heavy atom. The van der Waals surface area contributed by atoms with E-state index in [2.05, 4.69) is 13.0 Å². The van der Waals surface area contributed by atoms with Gasteiger partial charge in [0.05, 0.1) is 36.8 Å². The molecule has 2 aromatic carbocycles. The lowest BCUT2D eigenvalue weighted by Crippen LogP contribution is -2.35. The van der Waals surface area contributed by atoms with Crippen LogP contribution in [0.25, 0.3) is 6.08 Å². The Morgan fingerprint density at radius 2 is 1.89 bits per heavy atom. The van der Waals surface area contributed by atoms with Gasteiger partial charge in [0.15, 0.2) is 0 Å². The predicted molar refractivity (Wildman–Crippen MR) is 133 cm³/mol. The average molecular weight is 474 g/mol. The van der Waals surface area contributed by atoms with Crippen molar-refractivity contribution in [2.45, 2.75) is 38.7 Å². The average Bonchev–Trinajstić information content (AvgIpc) is 3.40. The molecule has 2 fully saturated rings. The third kappa shape index (κ3) is 4.32. The number of aliphatic hydroxyl groups excluding tert-OH is 1. The van der Waals surface area contributed by atoms with E-state index in [1.54, 1.807) is 24.3 Å². The van der Waals surface area contributed by atoms with Crippen LogP contribution in [0.15, 0.2) is 71.3 Å². The largest absolute Gasteiger partial charge is 0.508 e. The van der Waals surface area contributed by atoms with Gasteiger partial charge in [0.1, 0.15) is 5.75 Å². The highest BCUT2D eigenvalue weighted by atomic mass is 16.5. The number of allylic oxidation sites excluding steroid dienone is 1. The lowest BCUT2D eigenvalue weighted by atomic mass is 9.69. The molecule has 2 aromatic rings. The molecule has 35 heavy (non-hydrogen) atoms. The van der Waals surface area contributed by atoms with Gasteiger partial charge in [-0.3, -0.25) is 14.5 Å². The normalized spacial score (nSPS) is 26.3. The molecular weight excluding hydrogens is 442 g/mol. The van der Waals surface area contributed by atoms with Gasteiger partial charge in [-0.2, -0.15) is 0 Å². The summed E-state index contributed by atoms with van der Waals surface area (Å²) >= 11 is 0. The van der Waals surface area contributed by atoms with Crippen molar-refractivity contribution in [2.75, 3.05) is 18.1 Å². The first-order chi connectivity index (χ1) is 17.0. The minimum Gasteiger partial charge on any atom is -0.508 e. The smallest absolute Gasteiger partial charge is 0.238 e. The summed E-state index contributed by atoms with van der Waals surface area (Å²) in [5, 5.41) is 20.0. The first-order valence-corrected chi connectivity index (χ1v) is 12.4. The van der Waals surface area contributed by atoms with Crippen molar-refractivity contribution in [3.8, 4) is 5.75 Å². The molecule has 2 amide bonds. The van der Waals surface area contributed by atoms with Crippen molar-refractivity contribution in [1.29, 1.82) is 0 Å². The van der Waals surface area contributed by atoms with E-state index in [9.17, 15) is 19.8 Å². The van der Waals surface area contributed by atoms with Gasteiger partial charge in [-0.25, -0.2) is 0 Å². The monoisotopic (exact) mass is 473 g/mol. The molecule has 0 aromatic heterocycles. The van der Waals surface area contributed by atoms with Crippen LogP contribution in [0.2, 0.25) is 0 Å². The lowest BCUT2D eigenvalue weighted by molar-refractivity contribution is -0.122. The van der Waals surface area contributed by atoms with Crippen LogP contribution in [-0.4, -0.2) is 41.3 Å². The number of phenolic OH excluding ortho intramolecular Hbond substituents is 1. The third-order valence-corrected chi connectivity index (χ3v) is 7.64. The topological polar surface area (TPSA) is 87.1 Å². The Bertz CT molecular complexity index is 1180. The second-order valence-electron chi connectivity index (χ2n) is 9.62. The van der Waals surface area contributed by atoms with Gasteiger partial charge in [-0.1, -0.05) is 48.9 Å². The molecule has 3 aliphatic rings. The van der Waals surface area contributed by atoms with Crippen molar-refractivity contribution in [3.63, 3.8) is 0 Å². The molecule has 2 N–H and O–H groups in total. The van der Waals surface area contributed by atoms with E-state index in [0.29, 0.717) is 18.7 Å². The van der Waals surface area contributed by atoms with Gasteiger partial charge in [-0.05, 0) is 66.7 Å². The summed E-state index contributed by atoms with van der Waals surface area (Å²) in [6.07, 6.45) is 4.76. The van der Waals surface area contributed by atoms with Crippen LogP contribution in [0.1, 0.15) is 38.2 Å². The van der Waals surface area contributed by atoms with E-state index >= 15 is 0 Å². The SMILES string of the molecule is CC/C(=C\c1cccc(O)c1)CC[C@H]1OC[C@H]2C1=C(CO)C[C@H]1C(=O)N(c3ccccc3)C(=O)[C@H]12. The number of ether oxygens (including phenoxy) is 1. The maximum Gasteiger partial charge on any atom is 0.238 e. The number of carbonyl (C=O) groups is 2. The van der Waals surface area contributed by atoms with Crippen molar-refractivity contribution in [1.82, 2.24) is 0 Å². The lowest BCUT2D eigenvalue weighted by Gasteiger charge is -2.31. The fourth-order valence-corrected chi connectivity index (χ4v) is 5.97. The van der Waals surface area contributed by atoms with Crippen LogP contribution in [0.5, 0.6) is 5.75 Å². The molecule has 6 heteroatoms. The number of phenols is 1. The zero-order valence-electron chi connectivity index (χ0n) is 19.9. The van der Waals surface area contributed by atoms with Crippen molar-refractivity contribution >= 4 is 23.6 Å². The number of amides is 2. The molecule has 1 aliphatic carbocycles. The number of benzene rings is 2. The highest BCUT2D eigenvalue weighted by molar-refractivity contribution is 6.22. The summed E-state index contributed by atoms with van der Waals surface area (Å²) < 4.78 is 6.21. The highest BCUT2D eigenvalue weighted by Gasteiger charge is 2.57. The Kier molecular flexibility index (Phi) is 6.58. The van der Waals surface area contributed by atoms with Crippen molar-refractivity contribution < 1.29 is 24.5 Å². The number of fused-ring (bicyclic) bond motifs is 3. The van der Waals surface area contributed by atoms with Crippen molar-refractivity contribution in [2.24, 2.45) is 17.8 Å². The van der Waals surface area contributed by atoms with Gasteiger partial charge in [0, 0.05) is 5.92 Å². The molecule has 0 spiro atoms. The number of aliphatic hydroxyl groups is 1. The Balaban J connectivity index is 1.36. The van der Waals surface area contributed by atoms with Gasteiger partial charge in [0.2, 0.25) is 11.8 Å². The zero-order chi connectivity index (χ0) is 24.5. The summed E-state index contributed by atoms with van der Waals surface area (Å²) in [5.74, 6) is -1.16. The van der Waals surface area contributed by atoms with Crippen LogP contribution in [0.3, 0.4) is 0 Å². The third-order valence-electron chi connectivity index (χ3n) is 7.64. The molecule has 5 rings (SSSR count). The Hall–Kier alpha value is -3.22. The van der Waals surface area contributed by atoms with E-state index in [0.717, 1.165) is 36.0 Å². The molecule has 6 nitrogen and oxygen atoms in total. The molecular formula is C29H31NO5. The summed E-state index contributed by atoms with van der Waals surface area (Å²) in [4.78, 5) is 28.1. The molecule has 0 radical (unpaired) electrons. The number of imide groups is 1. The maximum absolute atomic E-state index is 13.5. The van der Waals surface area contributed by atoms with Gasteiger partial charge in [-0.15, -0.1) is 0 Å². The van der Waals surface area contributed by atoms with E-state index < -0.39 is 11.8 Å². The molecule has 2 saturated heterocycles. The first kappa shape index (κ1) is 23.5. The highest BCUT2D eigenvalue weighted by Crippen LogP contribution is 2.50. The number of para-hydroxylation sites is 1. The molecule has 2 aliphatic heterocycles. The number of hydrogen-bond donors (Lipinski definition) is 2. The minimum absolute atomic E-state index is 0.124. The number of nitrogens with zero attached hydrogens (tertiary/aromatic N) is 1. The number of aromatic hydroxyl groups is 1. The second-order valence-corrected chi connectivity index (χ2v) is 9.62. The van der Waals surface area contributed by atoms with E-state index in [4.69, 9.17) is 4.74 Å². The first-order valence-electron chi connectivity index (χ1n) is 12.4. The van der Waals surface area contributed by atoms with E-state index in [1.165, 1.54) is 10.5 Å². The summed E-state index contributed by atoms with van der Waals surface area (Å²) in [6.45, 7) is 2.38. The Morgan fingerprint density at radius 1 is 1.09 bits per heavy atom.